The molecule has 232 valence electrons. The second-order valence-electron chi connectivity index (χ2n) is 10.9. The Labute approximate surface area is 246 Å². The number of amides is 1. The van der Waals surface area contributed by atoms with E-state index in [0.717, 1.165) is 44.1 Å². The molecule has 0 unspecified atom stereocenters. The summed E-state index contributed by atoms with van der Waals surface area (Å²) in [4.78, 5) is 35.4. The number of rotatable bonds is 6. The highest BCUT2D eigenvalue weighted by molar-refractivity contribution is 5.82. The summed E-state index contributed by atoms with van der Waals surface area (Å²) in [5.41, 5.74) is -1.05. The molecule has 0 aliphatic carbocycles. The Morgan fingerprint density at radius 1 is 0.907 bits per heavy atom. The second kappa shape index (κ2) is 15.4. The molecule has 2 atom stereocenters. The molecule has 2 aliphatic rings. The summed E-state index contributed by atoms with van der Waals surface area (Å²) in [7, 11) is 0. The van der Waals surface area contributed by atoms with E-state index in [-0.39, 0.29) is 6.61 Å². The average Bonchev–Trinajstić information content (AvgIpc) is 3.70. The van der Waals surface area contributed by atoms with Gasteiger partial charge in [0.15, 0.2) is 0 Å². The zero-order valence-electron chi connectivity index (χ0n) is 24.1. The van der Waals surface area contributed by atoms with Gasteiger partial charge in [-0.15, -0.1) is 0 Å². The normalized spacial score (nSPS) is 18.2. The van der Waals surface area contributed by atoms with E-state index in [4.69, 9.17) is 25.2 Å². The number of hydrogen-bond donors (Lipinski definition) is 1. The Bertz CT molecular complexity index is 1340. The third-order valence-corrected chi connectivity index (χ3v) is 6.86. The third-order valence-electron chi connectivity index (χ3n) is 6.86. The number of nitriles is 2. The van der Waals surface area contributed by atoms with Crippen molar-refractivity contribution < 1.29 is 41.8 Å². The summed E-state index contributed by atoms with van der Waals surface area (Å²) in [6.45, 7) is 6.18. The van der Waals surface area contributed by atoms with Crippen molar-refractivity contribution in [1.82, 2.24) is 15.0 Å². The Kier molecular flexibility index (Phi) is 12.5. The fourth-order valence-electron chi connectivity index (χ4n) is 3.68. The highest BCUT2D eigenvalue weighted by Gasteiger charge is 2.45. The van der Waals surface area contributed by atoms with E-state index in [2.05, 4.69) is 16.0 Å². The van der Waals surface area contributed by atoms with Crippen LogP contribution < -0.4 is 0 Å². The van der Waals surface area contributed by atoms with E-state index < -0.39 is 41.6 Å². The standard InChI is InChI=1S/C14H15F2N3O2.C10H10N2O.C5H8F2O2/c1-14(2,12(15)16)13(20)19-11(3-4-21-19)10-5-9(6-17)7-18-8-10;11-4-8-3-10(6-12-5-8)9-1-2-13-7-9;1-5(2,3(6)7)4(8)9/h5,7-8,11-12H,3-4H2,1-2H3;3,5-6,9H,1-2,7H2;3H,1-2H3,(H,8,9)/t11-;9-;/m01./s1. The number of carboxylic acids is 1. The minimum Gasteiger partial charge on any atom is -0.481 e. The molecule has 2 aromatic rings. The number of aromatic nitrogens is 2. The van der Waals surface area contributed by atoms with Gasteiger partial charge in [0.05, 0.1) is 30.4 Å². The van der Waals surface area contributed by atoms with Crippen molar-refractivity contribution in [2.24, 2.45) is 10.8 Å². The van der Waals surface area contributed by atoms with Gasteiger partial charge in [-0.2, -0.15) is 10.5 Å². The minimum atomic E-state index is -2.81. The van der Waals surface area contributed by atoms with Gasteiger partial charge in [0.25, 0.3) is 18.8 Å². The number of ether oxygens (including phenoxy) is 1. The molecule has 0 radical (unpaired) electrons. The van der Waals surface area contributed by atoms with Gasteiger partial charge >= 0.3 is 5.97 Å². The lowest BCUT2D eigenvalue weighted by Crippen LogP contribution is -2.43. The molecule has 0 bridgehead atoms. The van der Waals surface area contributed by atoms with Gasteiger partial charge in [0.2, 0.25) is 0 Å². The van der Waals surface area contributed by atoms with Gasteiger partial charge in [-0.05, 0) is 57.4 Å². The van der Waals surface area contributed by atoms with Gasteiger partial charge in [0, 0.05) is 43.7 Å². The molecule has 10 nitrogen and oxygen atoms in total. The molecule has 2 aliphatic heterocycles. The SMILES string of the molecule is CC(C)(C(=O)N1OCC[C@H]1c1cncc(C#N)c1)C(F)F.CC(C)(C(=O)O)C(F)F.N#Cc1cncc([C@@H]2CCOC2)c1. The number of hydrogen-bond acceptors (Lipinski definition) is 8. The fourth-order valence-corrected chi connectivity index (χ4v) is 3.68. The van der Waals surface area contributed by atoms with Crippen molar-refractivity contribution in [3.63, 3.8) is 0 Å². The van der Waals surface area contributed by atoms with Crippen LogP contribution in [0.3, 0.4) is 0 Å². The summed E-state index contributed by atoms with van der Waals surface area (Å²) in [5, 5.41) is 26.7. The van der Waals surface area contributed by atoms with Crippen LogP contribution in [0.2, 0.25) is 0 Å². The van der Waals surface area contributed by atoms with Gasteiger partial charge in [-0.3, -0.25) is 24.4 Å². The molecule has 2 saturated heterocycles. The topological polar surface area (TPSA) is 149 Å². The van der Waals surface area contributed by atoms with Crippen LogP contribution in [0.4, 0.5) is 17.6 Å². The van der Waals surface area contributed by atoms with Crippen LogP contribution in [-0.2, 0) is 19.2 Å². The first kappa shape index (κ1) is 35.1. The van der Waals surface area contributed by atoms with E-state index in [1.54, 1.807) is 12.3 Å². The molecule has 2 aromatic heterocycles. The zero-order valence-corrected chi connectivity index (χ0v) is 24.1. The van der Waals surface area contributed by atoms with Gasteiger partial charge in [-0.25, -0.2) is 22.6 Å². The summed E-state index contributed by atoms with van der Waals surface area (Å²) in [6.07, 6.45) is 2.22. The number of alkyl halides is 4. The maximum atomic E-state index is 13.0. The molecule has 1 N–H and O–H groups in total. The fraction of sp³-hybridized carbons (Fsp3) is 0.517. The van der Waals surface area contributed by atoms with E-state index in [1.165, 1.54) is 26.2 Å². The number of carboxylic acid groups (broad SMARTS) is 1. The molecule has 1 amide bonds. The number of hydroxylamine groups is 2. The van der Waals surface area contributed by atoms with Gasteiger partial charge in [-0.1, -0.05) is 0 Å². The molecule has 2 fully saturated rings. The molecule has 0 aromatic carbocycles. The van der Waals surface area contributed by atoms with Crippen molar-refractivity contribution >= 4 is 11.9 Å². The highest BCUT2D eigenvalue weighted by atomic mass is 19.3. The predicted octanol–water partition coefficient (Wildman–Crippen LogP) is 5.27. The van der Waals surface area contributed by atoms with Gasteiger partial charge < -0.3 is 9.84 Å². The Balaban J connectivity index is 0.000000250. The van der Waals surface area contributed by atoms with Crippen molar-refractivity contribution in [3.05, 3.63) is 59.2 Å². The number of aliphatic carboxylic acids is 1. The van der Waals surface area contributed by atoms with Crippen LogP contribution in [0, 0.1) is 33.5 Å². The van der Waals surface area contributed by atoms with Crippen molar-refractivity contribution in [2.75, 3.05) is 19.8 Å². The predicted molar refractivity (Wildman–Crippen MR) is 143 cm³/mol. The van der Waals surface area contributed by atoms with E-state index in [0.29, 0.717) is 29.0 Å². The van der Waals surface area contributed by atoms with Crippen LogP contribution in [0.25, 0.3) is 0 Å². The van der Waals surface area contributed by atoms with Crippen LogP contribution in [0.5, 0.6) is 0 Å². The lowest BCUT2D eigenvalue weighted by atomic mass is 9.91. The Hall–Kier alpha value is -4.14. The van der Waals surface area contributed by atoms with E-state index >= 15 is 0 Å². The van der Waals surface area contributed by atoms with Crippen LogP contribution >= 0.6 is 0 Å². The molecule has 43 heavy (non-hydrogen) atoms. The van der Waals surface area contributed by atoms with E-state index in [9.17, 15) is 27.2 Å². The number of nitrogens with zero attached hydrogens (tertiary/aromatic N) is 5. The molecule has 0 spiro atoms. The summed E-state index contributed by atoms with van der Waals surface area (Å²) >= 11 is 0. The van der Waals surface area contributed by atoms with Crippen LogP contribution in [0.1, 0.15) is 74.8 Å². The molecular formula is C29H33F4N5O5. The van der Waals surface area contributed by atoms with Crippen molar-refractivity contribution in [3.8, 4) is 12.1 Å². The number of halogens is 4. The quantitative estimate of drug-likeness (QED) is 0.434. The average molecular weight is 608 g/mol. The first-order chi connectivity index (χ1) is 20.2. The summed E-state index contributed by atoms with van der Waals surface area (Å²) < 4.78 is 54.7. The first-order valence-corrected chi connectivity index (χ1v) is 13.2. The number of carbonyl (C=O) groups is 2. The lowest BCUT2D eigenvalue weighted by molar-refractivity contribution is -0.194. The maximum absolute atomic E-state index is 13.0. The summed E-state index contributed by atoms with van der Waals surface area (Å²) in [6, 6.07) is 7.02. The second-order valence-corrected chi connectivity index (χ2v) is 10.9. The Morgan fingerprint density at radius 2 is 1.44 bits per heavy atom. The smallest absolute Gasteiger partial charge is 0.314 e. The maximum Gasteiger partial charge on any atom is 0.314 e. The molecule has 14 heteroatoms. The monoisotopic (exact) mass is 607 g/mol. The molecule has 4 rings (SSSR count). The largest absolute Gasteiger partial charge is 0.481 e. The number of carbonyl (C=O) groups excluding carboxylic acids is 1. The van der Waals surface area contributed by atoms with Crippen molar-refractivity contribution in [1.29, 1.82) is 10.5 Å². The molecule has 4 heterocycles. The zero-order chi connectivity index (χ0) is 32.4. The summed E-state index contributed by atoms with van der Waals surface area (Å²) in [5.74, 6) is -1.82. The minimum absolute atomic E-state index is 0.256. The lowest BCUT2D eigenvalue weighted by Gasteiger charge is -2.30. The van der Waals surface area contributed by atoms with Crippen molar-refractivity contribution in [2.45, 2.75) is 65.3 Å². The van der Waals surface area contributed by atoms with Gasteiger partial charge in [0.1, 0.15) is 23.0 Å². The van der Waals surface area contributed by atoms with E-state index in [1.807, 2.05) is 18.3 Å². The number of pyridine rings is 2. The van der Waals surface area contributed by atoms with Crippen LogP contribution in [-0.4, -0.2) is 64.7 Å². The molecular weight excluding hydrogens is 574 g/mol. The Morgan fingerprint density at radius 3 is 1.88 bits per heavy atom. The first-order valence-electron chi connectivity index (χ1n) is 13.2. The third kappa shape index (κ3) is 9.17. The highest BCUT2D eigenvalue weighted by Crippen LogP contribution is 2.36. The van der Waals surface area contributed by atoms with Crippen LogP contribution in [0.15, 0.2) is 36.9 Å². The molecule has 0 saturated carbocycles.